The van der Waals surface area contributed by atoms with Gasteiger partial charge in [-0.15, -0.1) is 0 Å². The van der Waals surface area contributed by atoms with Crippen LogP contribution in [0.1, 0.15) is 26.2 Å². The van der Waals surface area contributed by atoms with Crippen molar-refractivity contribution < 1.29 is 0 Å². The fourth-order valence-corrected chi connectivity index (χ4v) is 0.861. The summed E-state index contributed by atoms with van der Waals surface area (Å²) in [5.41, 5.74) is 1.53. The van der Waals surface area contributed by atoms with Crippen LogP contribution in [0.3, 0.4) is 0 Å². The average Bonchev–Trinajstić information content (AvgIpc) is 1.69. The summed E-state index contributed by atoms with van der Waals surface area (Å²) in [7, 11) is 0. The standard InChI is InChI=1S/C7H11/c1-7-5-3-2-4-6-7/h3,6H,2,4-5H2,1H3. The molecule has 0 aliphatic heterocycles. The molecule has 0 aromatic rings. The highest BCUT2D eigenvalue weighted by molar-refractivity contribution is 5.05. The van der Waals surface area contributed by atoms with Crippen molar-refractivity contribution in [3.8, 4) is 0 Å². The van der Waals surface area contributed by atoms with Crippen LogP contribution in [-0.4, -0.2) is 0 Å². The minimum Gasteiger partial charge on any atom is -0.0856 e. The first kappa shape index (κ1) is 4.89. The molecule has 0 bridgehead atoms. The fraction of sp³-hybridized carbons (Fsp3) is 0.571. The van der Waals surface area contributed by atoms with E-state index < -0.39 is 0 Å². The molecule has 0 atom stereocenters. The lowest BCUT2D eigenvalue weighted by Gasteiger charge is -2.05. The number of hydrogen-bond acceptors (Lipinski definition) is 0. The molecule has 0 spiro atoms. The third kappa shape index (κ3) is 1.34. The highest BCUT2D eigenvalue weighted by Gasteiger charge is 1.95. The van der Waals surface area contributed by atoms with Crippen LogP contribution in [-0.2, 0) is 0 Å². The number of rotatable bonds is 0. The van der Waals surface area contributed by atoms with E-state index in [1.54, 1.807) is 0 Å². The van der Waals surface area contributed by atoms with Crippen LogP contribution >= 0.6 is 0 Å². The molecule has 1 aliphatic rings. The molecule has 0 saturated carbocycles. The zero-order valence-electron chi connectivity index (χ0n) is 4.78. The monoisotopic (exact) mass is 95.1 g/mol. The van der Waals surface area contributed by atoms with E-state index in [-0.39, 0.29) is 0 Å². The molecule has 0 amide bonds. The maximum Gasteiger partial charge on any atom is -0.0292 e. The molecule has 7 heavy (non-hydrogen) atoms. The topological polar surface area (TPSA) is 0 Å². The van der Waals surface area contributed by atoms with Gasteiger partial charge in [-0.2, -0.15) is 0 Å². The minimum atomic E-state index is 1.22. The van der Waals surface area contributed by atoms with Crippen molar-refractivity contribution in [3.63, 3.8) is 0 Å². The maximum absolute atomic E-state index is 2.34. The second kappa shape index (κ2) is 2.15. The van der Waals surface area contributed by atoms with E-state index in [9.17, 15) is 0 Å². The van der Waals surface area contributed by atoms with Gasteiger partial charge in [0.25, 0.3) is 0 Å². The summed E-state index contributed by atoms with van der Waals surface area (Å²) in [6.45, 7) is 2.19. The third-order valence-electron chi connectivity index (χ3n) is 1.33. The van der Waals surface area contributed by atoms with Crippen molar-refractivity contribution in [3.05, 3.63) is 18.1 Å². The SMILES string of the molecule is CC1=CCC[CH]C1. The Kier molecular flexibility index (Phi) is 1.50. The molecule has 0 saturated heterocycles. The van der Waals surface area contributed by atoms with Crippen molar-refractivity contribution >= 4 is 0 Å². The van der Waals surface area contributed by atoms with Crippen molar-refractivity contribution in [2.24, 2.45) is 0 Å². The van der Waals surface area contributed by atoms with Crippen LogP contribution in [0.15, 0.2) is 11.6 Å². The molecule has 1 rings (SSSR count). The highest BCUT2D eigenvalue weighted by Crippen LogP contribution is 2.14. The average molecular weight is 95.2 g/mol. The van der Waals surface area contributed by atoms with Gasteiger partial charge >= 0.3 is 0 Å². The van der Waals surface area contributed by atoms with Gasteiger partial charge in [0.1, 0.15) is 0 Å². The largest absolute Gasteiger partial charge is 0.0856 e. The van der Waals surface area contributed by atoms with Crippen molar-refractivity contribution in [2.75, 3.05) is 0 Å². The molecule has 0 heteroatoms. The van der Waals surface area contributed by atoms with E-state index in [1.807, 2.05) is 0 Å². The molecule has 0 nitrogen and oxygen atoms in total. The number of allylic oxidation sites excluding steroid dienone is 2. The van der Waals surface area contributed by atoms with Gasteiger partial charge in [0.2, 0.25) is 0 Å². The van der Waals surface area contributed by atoms with Crippen LogP contribution in [0, 0.1) is 6.42 Å². The Morgan fingerprint density at radius 3 is 2.57 bits per heavy atom. The molecule has 0 fully saturated rings. The molecule has 0 aromatic carbocycles. The van der Waals surface area contributed by atoms with Gasteiger partial charge in [-0.1, -0.05) is 11.6 Å². The van der Waals surface area contributed by atoms with E-state index in [4.69, 9.17) is 0 Å². The highest BCUT2D eigenvalue weighted by atomic mass is 14.0. The molecule has 39 valence electrons. The van der Waals surface area contributed by atoms with E-state index in [0.29, 0.717) is 0 Å². The summed E-state index contributed by atoms with van der Waals surface area (Å²) in [4.78, 5) is 0. The lowest BCUT2D eigenvalue weighted by Crippen LogP contribution is -1.86. The normalized spacial score (nSPS) is 21.6. The van der Waals surface area contributed by atoms with Crippen LogP contribution in [0.2, 0.25) is 0 Å². The van der Waals surface area contributed by atoms with E-state index in [0.717, 1.165) is 0 Å². The fourth-order valence-electron chi connectivity index (χ4n) is 0.861. The van der Waals surface area contributed by atoms with Crippen molar-refractivity contribution in [1.29, 1.82) is 0 Å². The second-order valence-corrected chi connectivity index (χ2v) is 2.12. The minimum absolute atomic E-state index is 1.22. The van der Waals surface area contributed by atoms with E-state index in [2.05, 4.69) is 19.4 Å². The van der Waals surface area contributed by atoms with Crippen molar-refractivity contribution in [1.82, 2.24) is 0 Å². The van der Waals surface area contributed by atoms with Crippen LogP contribution < -0.4 is 0 Å². The molecule has 1 aliphatic carbocycles. The zero-order chi connectivity index (χ0) is 5.11. The molecule has 0 heterocycles. The van der Waals surface area contributed by atoms with Gasteiger partial charge in [0, 0.05) is 0 Å². The lowest BCUT2D eigenvalue weighted by atomic mass is 10.0. The Hall–Kier alpha value is -0.260. The maximum atomic E-state index is 2.34. The first-order valence-electron chi connectivity index (χ1n) is 2.87. The van der Waals surface area contributed by atoms with Gasteiger partial charge in [-0.25, -0.2) is 0 Å². The number of hydrogen-bond donors (Lipinski definition) is 0. The van der Waals surface area contributed by atoms with Crippen LogP contribution in [0.5, 0.6) is 0 Å². The van der Waals surface area contributed by atoms with Crippen LogP contribution in [0.4, 0.5) is 0 Å². The summed E-state index contributed by atoms with van der Waals surface area (Å²) in [6, 6.07) is 0. The van der Waals surface area contributed by atoms with E-state index in [1.165, 1.54) is 24.8 Å². The summed E-state index contributed by atoms with van der Waals surface area (Å²) >= 11 is 0. The first-order chi connectivity index (χ1) is 3.39. The molecule has 0 unspecified atom stereocenters. The smallest absolute Gasteiger partial charge is 0.0292 e. The Morgan fingerprint density at radius 1 is 1.43 bits per heavy atom. The van der Waals surface area contributed by atoms with Gasteiger partial charge in [0.05, 0.1) is 0 Å². The summed E-state index contributed by atoms with van der Waals surface area (Å²) in [5, 5.41) is 0. The summed E-state index contributed by atoms with van der Waals surface area (Å²) in [6.07, 6.45) is 8.44. The summed E-state index contributed by atoms with van der Waals surface area (Å²) in [5.74, 6) is 0. The molecular formula is C7H11. The van der Waals surface area contributed by atoms with Crippen molar-refractivity contribution in [2.45, 2.75) is 26.2 Å². The summed E-state index contributed by atoms with van der Waals surface area (Å²) < 4.78 is 0. The third-order valence-corrected chi connectivity index (χ3v) is 1.33. The molecule has 1 radical (unpaired) electrons. The molecule has 0 N–H and O–H groups in total. The zero-order valence-corrected chi connectivity index (χ0v) is 4.78. The van der Waals surface area contributed by atoms with Gasteiger partial charge in [-0.05, 0) is 32.6 Å². The lowest BCUT2D eigenvalue weighted by molar-refractivity contribution is 0.855. The predicted molar refractivity (Wildman–Crippen MR) is 31.9 cm³/mol. The second-order valence-electron chi connectivity index (χ2n) is 2.12. The Bertz CT molecular complexity index is 80.0. The quantitative estimate of drug-likeness (QED) is 0.405. The van der Waals surface area contributed by atoms with Gasteiger partial charge in [-0.3, -0.25) is 0 Å². The van der Waals surface area contributed by atoms with Crippen LogP contribution in [0.25, 0.3) is 0 Å². The Morgan fingerprint density at radius 2 is 2.29 bits per heavy atom. The molecule has 0 aromatic heterocycles. The first-order valence-corrected chi connectivity index (χ1v) is 2.87. The predicted octanol–water partition coefficient (Wildman–Crippen LogP) is 2.32. The molecular weight excluding hydrogens is 84.1 g/mol. The Balaban J connectivity index is 2.40. The Labute approximate surface area is 45.2 Å². The van der Waals surface area contributed by atoms with Gasteiger partial charge in [0.15, 0.2) is 0 Å². The van der Waals surface area contributed by atoms with Gasteiger partial charge < -0.3 is 0 Å². The van der Waals surface area contributed by atoms with E-state index >= 15 is 0 Å².